The lowest BCUT2D eigenvalue weighted by Crippen LogP contribution is -2.30. The molecule has 3 rings (SSSR count). The fraction of sp³-hybridized carbons (Fsp3) is 0.412. The highest BCUT2D eigenvalue weighted by atomic mass is 32.1. The van der Waals surface area contributed by atoms with E-state index in [2.05, 4.69) is 15.2 Å². The van der Waals surface area contributed by atoms with Crippen LogP contribution >= 0.6 is 11.3 Å². The molecule has 1 fully saturated rings. The molecule has 0 spiro atoms. The topological polar surface area (TPSA) is 45.2 Å². The molecule has 6 heteroatoms. The van der Waals surface area contributed by atoms with E-state index in [1.54, 1.807) is 12.1 Å². The number of nitrogens with one attached hydrogen (secondary N) is 1. The molecule has 0 radical (unpaired) electrons. The zero-order chi connectivity index (χ0) is 16.2. The Morgan fingerprint density at radius 3 is 3.17 bits per heavy atom. The van der Waals surface area contributed by atoms with Crippen molar-refractivity contribution in [1.82, 2.24) is 9.88 Å². The molecule has 1 N–H and O–H groups in total. The minimum atomic E-state index is -0.175. The zero-order valence-electron chi connectivity index (χ0n) is 13.1. The largest absolute Gasteiger partial charge is 0.302 e. The quantitative estimate of drug-likeness (QED) is 0.911. The Labute approximate surface area is 139 Å². The maximum Gasteiger partial charge on any atom is 0.223 e. The van der Waals surface area contributed by atoms with Crippen molar-refractivity contribution in [2.45, 2.75) is 38.8 Å². The van der Waals surface area contributed by atoms with Crippen LogP contribution in [-0.2, 0) is 17.8 Å². The van der Waals surface area contributed by atoms with Crippen LogP contribution in [0.3, 0.4) is 0 Å². The van der Waals surface area contributed by atoms with Crippen molar-refractivity contribution in [3.8, 4) is 0 Å². The van der Waals surface area contributed by atoms with Gasteiger partial charge in [0.15, 0.2) is 5.13 Å². The van der Waals surface area contributed by atoms with Crippen LogP contribution in [0.25, 0.3) is 0 Å². The second-order valence-corrected chi connectivity index (χ2v) is 6.78. The van der Waals surface area contributed by atoms with E-state index in [4.69, 9.17) is 0 Å². The van der Waals surface area contributed by atoms with E-state index in [9.17, 15) is 9.18 Å². The van der Waals surface area contributed by atoms with Gasteiger partial charge in [-0.15, -0.1) is 11.3 Å². The Morgan fingerprint density at radius 2 is 2.39 bits per heavy atom. The molecule has 0 unspecified atom stereocenters. The van der Waals surface area contributed by atoms with Gasteiger partial charge in [-0.3, -0.25) is 9.69 Å². The number of likely N-dealkylation sites (tertiary alicyclic amines) is 1. The van der Waals surface area contributed by atoms with Crippen LogP contribution in [0, 0.1) is 5.82 Å². The first-order valence-corrected chi connectivity index (χ1v) is 8.68. The first-order valence-electron chi connectivity index (χ1n) is 7.80. The normalized spacial score (nSPS) is 18.3. The monoisotopic (exact) mass is 333 g/mol. The lowest BCUT2D eigenvalue weighted by Gasteiger charge is -2.23. The third kappa shape index (κ3) is 4.36. The molecule has 0 aliphatic carbocycles. The predicted molar refractivity (Wildman–Crippen MR) is 90.0 cm³/mol. The van der Waals surface area contributed by atoms with E-state index in [1.165, 1.54) is 24.3 Å². The summed E-state index contributed by atoms with van der Waals surface area (Å²) in [4.78, 5) is 17.9. The summed E-state index contributed by atoms with van der Waals surface area (Å²) in [6, 6.07) is 7.27. The number of hydrogen-bond donors (Lipinski definition) is 1. The van der Waals surface area contributed by atoms with Crippen molar-refractivity contribution in [2.24, 2.45) is 0 Å². The maximum absolute atomic E-state index is 13.3. The summed E-state index contributed by atoms with van der Waals surface area (Å²) in [5, 5.41) is 5.35. The summed E-state index contributed by atoms with van der Waals surface area (Å²) in [5.74, 6) is -0.275. The van der Waals surface area contributed by atoms with Gasteiger partial charge < -0.3 is 5.32 Å². The minimum Gasteiger partial charge on any atom is -0.302 e. The summed E-state index contributed by atoms with van der Waals surface area (Å²) in [6.45, 7) is 3.29. The van der Waals surface area contributed by atoms with Crippen molar-refractivity contribution in [3.05, 3.63) is 46.7 Å². The number of halogens is 1. The molecule has 1 amide bonds. The van der Waals surface area contributed by atoms with Gasteiger partial charge in [0.1, 0.15) is 5.82 Å². The van der Waals surface area contributed by atoms with Gasteiger partial charge in [0.2, 0.25) is 5.91 Å². The molecule has 1 aromatic heterocycles. The number of rotatable bonds is 5. The van der Waals surface area contributed by atoms with Crippen LogP contribution in [0.5, 0.6) is 0 Å². The number of aromatic nitrogens is 1. The highest BCUT2D eigenvalue weighted by Crippen LogP contribution is 2.25. The van der Waals surface area contributed by atoms with Crippen LogP contribution in [0.4, 0.5) is 9.52 Å². The van der Waals surface area contributed by atoms with Gasteiger partial charge in [-0.25, -0.2) is 9.37 Å². The molecule has 1 atom stereocenters. The second-order valence-electron chi connectivity index (χ2n) is 5.93. The fourth-order valence-corrected chi connectivity index (χ4v) is 3.81. The van der Waals surface area contributed by atoms with Gasteiger partial charge in [-0.05, 0) is 43.5 Å². The lowest BCUT2D eigenvalue weighted by atomic mass is 10.0. The average Bonchev–Trinajstić information content (AvgIpc) is 3.09. The Kier molecular flexibility index (Phi) is 5.03. The van der Waals surface area contributed by atoms with E-state index in [-0.39, 0.29) is 11.7 Å². The van der Waals surface area contributed by atoms with Gasteiger partial charge in [-0.1, -0.05) is 12.1 Å². The van der Waals surface area contributed by atoms with Gasteiger partial charge in [-0.2, -0.15) is 0 Å². The fourth-order valence-electron chi connectivity index (χ4n) is 3.07. The molecule has 1 saturated heterocycles. The molecule has 23 heavy (non-hydrogen) atoms. The van der Waals surface area contributed by atoms with Crippen LogP contribution in [0.2, 0.25) is 0 Å². The standard InChI is InChI=1S/C17H20FN3OS/c1-12(22)19-17-20-15(11-23-17)10-21-7-3-6-16(21)9-13-4-2-5-14(18)8-13/h2,4-5,8,11,16H,3,6-7,9-10H2,1H3,(H,19,20,22)/t16-/m1/s1. The molecule has 2 heterocycles. The number of amides is 1. The molecular formula is C17H20FN3OS. The summed E-state index contributed by atoms with van der Waals surface area (Å²) in [7, 11) is 0. The maximum atomic E-state index is 13.3. The van der Waals surface area contributed by atoms with Crippen LogP contribution in [0.15, 0.2) is 29.6 Å². The number of hydrogen-bond acceptors (Lipinski definition) is 4. The first-order chi connectivity index (χ1) is 11.1. The first kappa shape index (κ1) is 16.1. The van der Waals surface area contributed by atoms with Crippen molar-refractivity contribution < 1.29 is 9.18 Å². The highest BCUT2D eigenvalue weighted by molar-refractivity contribution is 7.13. The summed E-state index contributed by atoms with van der Waals surface area (Å²) < 4.78 is 13.3. The molecular weight excluding hydrogens is 313 g/mol. The Bertz CT molecular complexity index is 688. The number of nitrogens with zero attached hydrogens (tertiary/aromatic N) is 2. The molecule has 0 saturated carbocycles. The van der Waals surface area contributed by atoms with E-state index < -0.39 is 0 Å². The SMILES string of the molecule is CC(=O)Nc1nc(CN2CCC[C@@H]2Cc2cccc(F)c2)cs1. The summed E-state index contributed by atoms with van der Waals surface area (Å²) in [6.07, 6.45) is 3.14. The number of anilines is 1. The molecule has 1 aliphatic rings. The molecule has 4 nitrogen and oxygen atoms in total. The minimum absolute atomic E-state index is 0.101. The van der Waals surface area contributed by atoms with Gasteiger partial charge in [0.05, 0.1) is 5.69 Å². The highest BCUT2D eigenvalue weighted by Gasteiger charge is 2.25. The van der Waals surface area contributed by atoms with E-state index in [0.29, 0.717) is 11.2 Å². The second kappa shape index (κ2) is 7.19. The van der Waals surface area contributed by atoms with Crippen molar-refractivity contribution >= 4 is 22.4 Å². The average molecular weight is 333 g/mol. The Balaban J connectivity index is 1.62. The third-order valence-corrected chi connectivity index (χ3v) is 4.87. The van der Waals surface area contributed by atoms with E-state index in [0.717, 1.165) is 43.6 Å². The van der Waals surface area contributed by atoms with Crippen LogP contribution in [0.1, 0.15) is 31.0 Å². The molecule has 0 bridgehead atoms. The smallest absolute Gasteiger partial charge is 0.223 e. The Morgan fingerprint density at radius 1 is 1.52 bits per heavy atom. The summed E-state index contributed by atoms with van der Waals surface area (Å²) >= 11 is 1.45. The van der Waals surface area contributed by atoms with Crippen LogP contribution in [-0.4, -0.2) is 28.4 Å². The van der Waals surface area contributed by atoms with Crippen molar-refractivity contribution in [3.63, 3.8) is 0 Å². The number of thiazole rings is 1. The van der Waals surface area contributed by atoms with Crippen LogP contribution < -0.4 is 5.32 Å². The Hall–Kier alpha value is -1.79. The summed E-state index contributed by atoms with van der Waals surface area (Å²) in [5.41, 5.74) is 2.02. The molecule has 122 valence electrons. The number of carbonyl (C=O) groups is 1. The van der Waals surface area contributed by atoms with E-state index >= 15 is 0 Å². The van der Waals surface area contributed by atoms with Crippen molar-refractivity contribution in [2.75, 3.05) is 11.9 Å². The van der Waals surface area contributed by atoms with Crippen molar-refractivity contribution in [1.29, 1.82) is 0 Å². The molecule has 2 aromatic rings. The molecule has 1 aromatic carbocycles. The lowest BCUT2D eigenvalue weighted by molar-refractivity contribution is -0.114. The predicted octanol–water partition coefficient (Wildman–Crippen LogP) is 3.45. The van der Waals surface area contributed by atoms with Gasteiger partial charge >= 0.3 is 0 Å². The number of carbonyl (C=O) groups excluding carboxylic acids is 1. The number of benzene rings is 1. The zero-order valence-corrected chi connectivity index (χ0v) is 13.9. The van der Waals surface area contributed by atoms with Gasteiger partial charge in [0, 0.05) is 24.9 Å². The van der Waals surface area contributed by atoms with E-state index in [1.807, 2.05) is 11.4 Å². The third-order valence-electron chi connectivity index (χ3n) is 4.06. The van der Waals surface area contributed by atoms with Gasteiger partial charge in [0.25, 0.3) is 0 Å². The molecule has 1 aliphatic heterocycles.